The van der Waals surface area contributed by atoms with Gasteiger partial charge in [0.1, 0.15) is 5.69 Å². The van der Waals surface area contributed by atoms with Crippen molar-refractivity contribution in [1.82, 2.24) is 9.88 Å². The fraction of sp³-hybridized carbons (Fsp3) is 0.267. The van der Waals surface area contributed by atoms with E-state index in [1.165, 1.54) is 0 Å². The second-order valence-corrected chi connectivity index (χ2v) is 4.55. The van der Waals surface area contributed by atoms with Gasteiger partial charge in [-0.1, -0.05) is 30.3 Å². The predicted octanol–water partition coefficient (Wildman–Crippen LogP) is 2.58. The van der Waals surface area contributed by atoms with Crippen LogP contribution in [0.1, 0.15) is 35.9 Å². The van der Waals surface area contributed by atoms with E-state index in [9.17, 15) is 4.79 Å². The molecule has 1 heterocycles. The Labute approximate surface area is 113 Å². The summed E-state index contributed by atoms with van der Waals surface area (Å²) in [4.78, 5) is 12.2. The van der Waals surface area contributed by atoms with Crippen LogP contribution in [-0.4, -0.2) is 10.5 Å². The molecule has 0 unspecified atom stereocenters. The zero-order valence-corrected chi connectivity index (χ0v) is 11.3. The van der Waals surface area contributed by atoms with E-state index in [1.54, 1.807) is 12.3 Å². The topological polar surface area (TPSA) is 60.0 Å². The number of nitrogen functional groups attached to an aromatic ring is 1. The van der Waals surface area contributed by atoms with Crippen molar-refractivity contribution in [2.24, 2.45) is 0 Å². The van der Waals surface area contributed by atoms with Crippen LogP contribution in [0.2, 0.25) is 0 Å². The van der Waals surface area contributed by atoms with E-state index < -0.39 is 0 Å². The summed E-state index contributed by atoms with van der Waals surface area (Å²) in [6.07, 6.45) is 1.78. The first kappa shape index (κ1) is 13.2. The van der Waals surface area contributed by atoms with Gasteiger partial charge in [0.15, 0.2) is 0 Å². The molecule has 0 spiro atoms. The standard InChI is InChI=1S/C15H19N3O/c1-3-18-10-13(16)9-14(18)15(19)17-11(2)12-7-5-4-6-8-12/h4-11H,3,16H2,1-2H3,(H,17,19)/t11-/m0/s1. The number of hydrogen-bond donors (Lipinski definition) is 2. The third-order valence-corrected chi connectivity index (χ3v) is 3.14. The maximum absolute atomic E-state index is 12.2. The van der Waals surface area contributed by atoms with Crippen LogP contribution in [0.5, 0.6) is 0 Å². The fourth-order valence-electron chi connectivity index (χ4n) is 2.08. The van der Waals surface area contributed by atoms with Gasteiger partial charge in [0, 0.05) is 12.7 Å². The number of nitrogens with zero attached hydrogens (tertiary/aromatic N) is 1. The number of rotatable bonds is 4. The molecule has 4 nitrogen and oxygen atoms in total. The Morgan fingerprint density at radius 2 is 2.05 bits per heavy atom. The van der Waals surface area contributed by atoms with Gasteiger partial charge in [-0.25, -0.2) is 0 Å². The zero-order valence-electron chi connectivity index (χ0n) is 11.3. The average molecular weight is 257 g/mol. The molecule has 3 N–H and O–H groups in total. The first-order chi connectivity index (χ1) is 9.11. The maximum Gasteiger partial charge on any atom is 0.268 e. The van der Waals surface area contributed by atoms with Crippen LogP contribution >= 0.6 is 0 Å². The largest absolute Gasteiger partial charge is 0.397 e. The molecule has 100 valence electrons. The van der Waals surface area contributed by atoms with Crippen LogP contribution in [-0.2, 0) is 6.54 Å². The van der Waals surface area contributed by atoms with Crippen LogP contribution < -0.4 is 11.1 Å². The molecular formula is C15H19N3O. The lowest BCUT2D eigenvalue weighted by Gasteiger charge is -2.15. The first-order valence-electron chi connectivity index (χ1n) is 6.43. The highest BCUT2D eigenvalue weighted by atomic mass is 16.2. The van der Waals surface area contributed by atoms with E-state index in [4.69, 9.17) is 5.73 Å². The number of nitrogens with one attached hydrogen (secondary N) is 1. The number of hydrogen-bond acceptors (Lipinski definition) is 2. The minimum atomic E-state index is -0.102. The summed E-state index contributed by atoms with van der Waals surface area (Å²) in [6.45, 7) is 4.67. The second-order valence-electron chi connectivity index (χ2n) is 4.55. The smallest absolute Gasteiger partial charge is 0.268 e. The highest BCUT2D eigenvalue weighted by molar-refractivity contribution is 5.94. The summed E-state index contributed by atoms with van der Waals surface area (Å²) in [5, 5.41) is 2.99. The molecule has 0 aliphatic rings. The monoisotopic (exact) mass is 257 g/mol. The van der Waals surface area contributed by atoms with Crippen LogP contribution in [0.15, 0.2) is 42.6 Å². The molecule has 0 aliphatic heterocycles. The van der Waals surface area contributed by atoms with Gasteiger partial charge in [0.05, 0.1) is 11.7 Å². The van der Waals surface area contributed by atoms with Gasteiger partial charge in [-0.2, -0.15) is 0 Å². The van der Waals surface area contributed by atoms with Crippen molar-refractivity contribution in [1.29, 1.82) is 0 Å². The van der Waals surface area contributed by atoms with Crippen LogP contribution in [0.3, 0.4) is 0 Å². The molecule has 2 rings (SSSR count). The summed E-state index contributed by atoms with van der Waals surface area (Å²) >= 11 is 0. The molecule has 2 aromatic rings. The molecule has 1 atom stereocenters. The third-order valence-electron chi connectivity index (χ3n) is 3.14. The lowest BCUT2D eigenvalue weighted by molar-refractivity contribution is 0.0930. The SMILES string of the molecule is CCn1cc(N)cc1C(=O)N[C@@H](C)c1ccccc1. The Morgan fingerprint density at radius 3 is 2.68 bits per heavy atom. The molecule has 0 saturated carbocycles. The molecule has 1 aromatic carbocycles. The molecule has 0 radical (unpaired) electrons. The number of amides is 1. The Balaban J connectivity index is 2.13. The number of anilines is 1. The zero-order chi connectivity index (χ0) is 13.8. The van der Waals surface area contributed by atoms with Gasteiger partial charge in [0.25, 0.3) is 5.91 Å². The first-order valence-corrected chi connectivity index (χ1v) is 6.43. The van der Waals surface area contributed by atoms with E-state index >= 15 is 0 Å². The van der Waals surface area contributed by atoms with Gasteiger partial charge in [-0.15, -0.1) is 0 Å². The third kappa shape index (κ3) is 2.96. The normalized spacial score (nSPS) is 12.1. The number of nitrogens with two attached hydrogens (primary N) is 1. The van der Waals surface area contributed by atoms with Crippen molar-refractivity contribution in [2.75, 3.05) is 5.73 Å². The van der Waals surface area contributed by atoms with E-state index in [2.05, 4.69) is 5.32 Å². The number of aryl methyl sites for hydroxylation is 1. The molecule has 1 amide bonds. The Kier molecular flexibility index (Phi) is 3.90. The van der Waals surface area contributed by atoms with Crippen molar-refractivity contribution in [3.05, 3.63) is 53.9 Å². The Morgan fingerprint density at radius 1 is 1.37 bits per heavy atom. The second kappa shape index (κ2) is 5.61. The molecule has 0 fully saturated rings. The molecular weight excluding hydrogens is 238 g/mol. The van der Waals surface area contributed by atoms with Gasteiger partial charge < -0.3 is 15.6 Å². The minimum Gasteiger partial charge on any atom is -0.397 e. The Hall–Kier alpha value is -2.23. The van der Waals surface area contributed by atoms with Crippen molar-refractivity contribution < 1.29 is 4.79 Å². The van der Waals surface area contributed by atoms with Gasteiger partial charge in [-0.3, -0.25) is 4.79 Å². The van der Waals surface area contributed by atoms with Gasteiger partial charge in [-0.05, 0) is 25.5 Å². The Bertz CT molecular complexity index is 560. The molecule has 4 heteroatoms. The molecule has 19 heavy (non-hydrogen) atoms. The summed E-state index contributed by atoms with van der Waals surface area (Å²) in [5.74, 6) is -0.102. The number of carbonyl (C=O) groups excluding carboxylic acids is 1. The summed E-state index contributed by atoms with van der Waals surface area (Å²) in [5.41, 5.74) is 8.03. The van der Waals surface area contributed by atoms with E-state index in [0.717, 1.165) is 12.1 Å². The van der Waals surface area contributed by atoms with Crippen LogP contribution in [0.4, 0.5) is 5.69 Å². The molecule has 0 bridgehead atoms. The molecule has 0 aliphatic carbocycles. The quantitative estimate of drug-likeness (QED) is 0.884. The maximum atomic E-state index is 12.2. The summed E-state index contributed by atoms with van der Waals surface area (Å²) < 4.78 is 1.85. The van der Waals surface area contributed by atoms with Gasteiger partial charge in [0.2, 0.25) is 0 Å². The van der Waals surface area contributed by atoms with Crippen molar-refractivity contribution in [2.45, 2.75) is 26.4 Å². The summed E-state index contributed by atoms with van der Waals surface area (Å²) in [6, 6.07) is 11.6. The highest BCUT2D eigenvalue weighted by Gasteiger charge is 2.15. The fourth-order valence-corrected chi connectivity index (χ4v) is 2.08. The van der Waals surface area contributed by atoms with Crippen molar-refractivity contribution in [3.63, 3.8) is 0 Å². The number of aromatic nitrogens is 1. The predicted molar refractivity (Wildman–Crippen MR) is 76.8 cm³/mol. The molecule has 0 saturated heterocycles. The van der Waals surface area contributed by atoms with Gasteiger partial charge >= 0.3 is 0 Å². The van der Waals surface area contributed by atoms with E-state index in [0.29, 0.717) is 11.4 Å². The summed E-state index contributed by atoms with van der Waals surface area (Å²) in [7, 11) is 0. The lowest BCUT2D eigenvalue weighted by Crippen LogP contribution is -2.28. The molecule has 1 aromatic heterocycles. The minimum absolute atomic E-state index is 0.0323. The van der Waals surface area contributed by atoms with Crippen LogP contribution in [0.25, 0.3) is 0 Å². The average Bonchev–Trinajstić information content (AvgIpc) is 2.81. The number of carbonyl (C=O) groups is 1. The highest BCUT2D eigenvalue weighted by Crippen LogP contribution is 2.15. The van der Waals surface area contributed by atoms with Crippen LogP contribution in [0, 0.1) is 0 Å². The van der Waals surface area contributed by atoms with E-state index in [1.807, 2.05) is 48.7 Å². The van der Waals surface area contributed by atoms with Crippen molar-refractivity contribution in [3.8, 4) is 0 Å². The lowest BCUT2D eigenvalue weighted by atomic mass is 10.1. The number of benzene rings is 1. The van der Waals surface area contributed by atoms with Crippen molar-refractivity contribution >= 4 is 11.6 Å². The van der Waals surface area contributed by atoms with E-state index in [-0.39, 0.29) is 11.9 Å².